The largest absolute Gasteiger partial charge is 0.355 e. The first kappa shape index (κ1) is 24.0. The summed E-state index contributed by atoms with van der Waals surface area (Å²) in [5, 5.41) is 8.35. The Kier molecular flexibility index (Phi) is 4.52. The average molecular weight is 588 g/mol. The molecule has 0 aliphatic rings. The molecular weight excluding hydrogens is 562 g/mol. The number of aromatic nitrogens is 5. The third-order valence-electron chi connectivity index (χ3n) is 9.80. The summed E-state index contributed by atoms with van der Waals surface area (Å²) in [7, 11) is 0. The van der Waals surface area contributed by atoms with E-state index < -0.39 is 0 Å². The second-order valence-electron chi connectivity index (χ2n) is 12.2. The van der Waals surface area contributed by atoms with Crippen LogP contribution in [0.3, 0.4) is 0 Å². The number of fused-ring (bicyclic) bond motifs is 13. The van der Waals surface area contributed by atoms with E-state index in [9.17, 15) is 0 Å². The third kappa shape index (κ3) is 3.06. The van der Waals surface area contributed by atoms with E-state index in [4.69, 9.17) is 4.98 Å². The number of pyridine rings is 1. The topological polar surface area (TPSA) is 54.3 Å². The van der Waals surface area contributed by atoms with Crippen LogP contribution in [0.1, 0.15) is 0 Å². The zero-order valence-electron chi connectivity index (χ0n) is 24.6. The van der Waals surface area contributed by atoms with E-state index in [1.54, 1.807) is 0 Å². The smallest absolute Gasteiger partial charge is 0.0985 e. The van der Waals surface area contributed by atoms with E-state index in [0.717, 1.165) is 71.8 Å². The molecule has 0 amide bonds. The highest BCUT2D eigenvalue weighted by atomic mass is 15.1. The Hall–Kier alpha value is -6.33. The molecule has 0 bridgehead atoms. The van der Waals surface area contributed by atoms with Gasteiger partial charge in [-0.25, -0.2) is 0 Å². The molecule has 5 heterocycles. The molecule has 5 heteroatoms. The number of hydrogen-bond acceptors (Lipinski definition) is 1. The van der Waals surface area contributed by atoms with Gasteiger partial charge in [0, 0.05) is 77.3 Å². The van der Waals surface area contributed by atoms with Crippen LogP contribution in [-0.4, -0.2) is 24.1 Å². The molecule has 0 saturated carbocycles. The molecule has 0 unspecified atom stereocenters. The lowest BCUT2D eigenvalue weighted by molar-refractivity contribution is 1.15. The van der Waals surface area contributed by atoms with E-state index in [-0.39, 0.29) is 0 Å². The van der Waals surface area contributed by atoms with Crippen molar-refractivity contribution in [3.8, 4) is 11.4 Å². The second kappa shape index (κ2) is 8.65. The van der Waals surface area contributed by atoms with Crippen LogP contribution >= 0.6 is 0 Å². The summed E-state index contributed by atoms with van der Waals surface area (Å²) in [4.78, 5) is 12.4. The van der Waals surface area contributed by atoms with Gasteiger partial charge in [0.2, 0.25) is 0 Å². The molecule has 5 nitrogen and oxygen atoms in total. The SMILES string of the molecule is c1ccc2c(c1)[nH]c1ccc(-n3c4ccccc4c4cnc5c6ccccc6n(-c6ccc7[nH]c8ccccc8c7c6)c5c43)cc12. The van der Waals surface area contributed by atoms with Crippen molar-refractivity contribution in [2.75, 3.05) is 0 Å². The Morgan fingerprint density at radius 2 is 0.870 bits per heavy atom. The Labute approximate surface area is 261 Å². The molecule has 0 fully saturated rings. The molecule has 6 aromatic carbocycles. The molecule has 0 aliphatic heterocycles. The highest BCUT2D eigenvalue weighted by Gasteiger charge is 2.22. The monoisotopic (exact) mass is 587 g/mol. The average Bonchev–Trinajstić information content (AvgIpc) is 3.85. The minimum Gasteiger partial charge on any atom is -0.355 e. The van der Waals surface area contributed by atoms with Crippen molar-refractivity contribution in [2.45, 2.75) is 0 Å². The van der Waals surface area contributed by atoms with E-state index in [1.165, 1.54) is 26.9 Å². The van der Waals surface area contributed by atoms with Gasteiger partial charge in [0.05, 0.1) is 27.6 Å². The Morgan fingerprint density at radius 3 is 1.50 bits per heavy atom. The van der Waals surface area contributed by atoms with Crippen molar-refractivity contribution in [1.29, 1.82) is 0 Å². The number of benzene rings is 6. The summed E-state index contributed by atoms with van der Waals surface area (Å²) in [6.45, 7) is 0. The van der Waals surface area contributed by atoms with Crippen LogP contribution in [0.4, 0.5) is 0 Å². The van der Waals surface area contributed by atoms with Crippen molar-refractivity contribution < 1.29 is 0 Å². The fourth-order valence-electron chi connectivity index (χ4n) is 7.82. The van der Waals surface area contributed by atoms with Crippen molar-refractivity contribution in [3.05, 3.63) is 140 Å². The molecule has 0 saturated heterocycles. The van der Waals surface area contributed by atoms with Gasteiger partial charge in [-0.15, -0.1) is 0 Å². The maximum atomic E-state index is 5.18. The van der Waals surface area contributed by atoms with Crippen molar-refractivity contribution in [2.24, 2.45) is 0 Å². The summed E-state index contributed by atoms with van der Waals surface area (Å²) in [6.07, 6.45) is 2.07. The zero-order chi connectivity index (χ0) is 29.9. The van der Waals surface area contributed by atoms with Crippen LogP contribution in [0.2, 0.25) is 0 Å². The Balaban J connectivity index is 1.32. The molecule has 2 N–H and O–H groups in total. The van der Waals surface area contributed by atoms with Gasteiger partial charge in [-0.2, -0.15) is 0 Å². The molecule has 0 atom stereocenters. The van der Waals surface area contributed by atoms with Gasteiger partial charge >= 0.3 is 0 Å². The lowest BCUT2D eigenvalue weighted by Gasteiger charge is -2.13. The van der Waals surface area contributed by atoms with E-state index >= 15 is 0 Å². The summed E-state index contributed by atoms with van der Waals surface area (Å²) >= 11 is 0. The first-order valence-electron chi connectivity index (χ1n) is 15.6. The van der Waals surface area contributed by atoms with Crippen LogP contribution in [0.15, 0.2) is 140 Å². The van der Waals surface area contributed by atoms with Crippen molar-refractivity contribution in [3.63, 3.8) is 0 Å². The maximum Gasteiger partial charge on any atom is 0.0985 e. The predicted octanol–water partition coefficient (Wildman–Crippen LogP) is 10.5. The van der Waals surface area contributed by atoms with Crippen molar-refractivity contribution in [1.82, 2.24) is 24.1 Å². The van der Waals surface area contributed by atoms with E-state index in [2.05, 4.69) is 159 Å². The third-order valence-corrected chi connectivity index (χ3v) is 9.80. The number of nitrogens with one attached hydrogen (secondary N) is 2. The summed E-state index contributed by atoms with van der Waals surface area (Å²) in [5.41, 5.74) is 12.4. The van der Waals surface area contributed by atoms with Gasteiger partial charge in [-0.05, 0) is 60.7 Å². The van der Waals surface area contributed by atoms with Gasteiger partial charge in [-0.1, -0.05) is 72.8 Å². The van der Waals surface area contributed by atoms with Gasteiger partial charge < -0.3 is 19.1 Å². The summed E-state index contributed by atoms with van der Waals surface area (Å²) in [6, 6.07) is 48.0. The number of aromatic amines is 2. The minimum atomic E-state index is 0.999. The zero-order valence-corrected chi connectivity index (χ0v) is 24.6. The van der Waals surface area contributed by atoms with Gasteiger partial charge in [-0.3, -0.25) is 4.98 Å². The Bertz CT molecular complexity index is 2830. The molecule has 5 aromatic heterocycles. The molecule has 0 spiro atoms. The van der Waals surface area contributed by atoms with Gasteiger partial charge in [0.15, 0.2) is 0 Å². The van der Waals surface area contributed by atoms with Crippen LogP contribution in [-0.2, 0) is 0 Å². The molecule has 0 radical (unpaired) electrons. The first-order valence-corrected chi connectivity index (χ1v) is 15.6. The highest BCUT2D eigenvalue weighted by molar-refractivity contribution is 6.22. The number of hydrogen-bond donors (Lipinski definition) is 2. The highest BCUT2D eigenvalue weighted by Crippen LogP contribution is 2.41. The fourth-order valence-corrected chi connectivity index (χ4v) is 7.82. The number of nitrogens with zero attached hydrogens (tertiary/aromatic N) is 3. The number of H-pyrrole nitrogens is 2. The number of para-hydroxylation sites is 4. The quantitative estimate of drug-likeness (QED) is 0.208. The van der Waals surface area contributed by atoms with Crippen LogP contribution in [0, 0.1) is 0 Å². The van der Waals surface area contributed by atoms with Gasteiger partial charge in [0.25, 0.3) is 0 Å². The molecule has 0 aliphatic carbocycles. The molecule has 11 rings (SSSR count). The normalized spacial score (nSPS) is 12.3. The van der Waals surface area contributed by atoms with E-state index in [0.29, 0.717) is 0 Å². The summed E-state index contributed by atoms with van der Waals surface area (Å²) in [5.74, 6) is 0. The van der Waals surface area contributed by atoms with Gasteiger partial charge in [0.1, 0.15) is 0 Å². The van der Waals surface area contributed by atoms with Crippen LogP contribution in [0.25, 0.3) is 98.7 Å². The maximum absolute atomic E-state index is 5.18. The lowest BCUT2D eigenvalue weighted by atomic mass is 10.1. The fraction of sp³-hybridized carbons (Fsp3) is 0. The molecule has 214 valence electrons. The standard InChI is InChI=1S/C41H25N5/c1-5-13-33-26(9-1)30-21-24(17-19-35(30)43-33)45-37-15-7-3-11-28(37)32-23-42-39-29-12-4-8-16-38(29)46(41(39)40(32)45)25-18-20-36-31(22-25)27-10-2-6-14-34(27)44-36/h1-23,43-44H. The minimum absolute atomic E-state index is 0.999. The summed E-state index contributed by atoms with van der Waals surface area (Å²) < 4.78 is 4.86. The molecule has 11 aromatic rings. The van der Waals surface area contributed by atoms with Crippen LogP contribution < -0.4 is 0 Å². The Morgan fingerprint density at radius 1 is 0.391 bits per heavy atom. The lowest BCUT2D eigenvalue weighted by Crippen LogP contribution is -1.99. The van der Waals surface area contributed by atoms with Crippen molar-refractivity contribution >= 4 is 87.4 Å². The predicted molar refractivity (Wildman–Crippen MR) is 192 cm³/mol. The van der Waals surface area contributed by atoms with Crippen LogP contribution in [0.5, 0.6) is 0 Å². The first-order chi connectivity index (χ1) is 22.8. The molecular formula is C41H25N5. The molecule has 46 heavy (non-hydrogen) atoms. The number of rotatable bonds is 2. The van der Waals surface area contributed by atoms with E-state index in [1.807, 2.05) is 0 Å². The second-order valence-corrected chi connectivity index (χ2v) is 12.2.